The number of aromatic nitrogens is 1. The minimum Gasteiger partial charge on any atom is -0.354 e. The van der Waals surface area contributed by atoms with Gasteiger partial charge in [-0.1, -0.05) is 108 Å². The lowest BCUT2D eigenvalue weighted by molar-refractivity contribution is 0.471. The van der Waals surface area contributed by atoms with E-state index >= 15 is 0 Å². The maximum absolute atomic E-state index is 12.6. The van der Waals surface area contributed by atoms with Crippen molar-refractivity contribution in [3.8, 4) is 22.4 Å². The van der Waals surface area contributed by atoms with Gasteiger partial charge in [0.05, 0.1) is 5.69 Å². The Morgan fingerprint density at radius 3 is 1.68 bits per heavy atom. The van der Waals surface area contributed by atoms with Gasteiger partial charge in [-0.25, -0.2) is 8.78 Å². The topological polar surface area (TPSA) is 70.2 Å². The number of aromatic amines is 1. The average Bonchev–Trinajstić information content (AvgIpc) is 3.27. The Balaban J connectivity index is 0.000000271. The van der Waals surface area contributed by atoms with Crippen LogP contribution in [0, 0.1) is 11.6 Å². The van der Waals surface area contributed by atoms with Crippen molar-refractivity contribution >= 4 is 21.0 Å². The molecule has 4 aromatic carbocycles. The summed E-state index contributed by atoms with van der Waals surface area (Å²) < 4.78 is 53.9. The summed E-state index contributed by atoms with van der Waals surface area (Å²) in [4.78, 5) is 2.76. The van der Waals surface area contributed by atoms with Crippen LogP contribution in [0.2, 0.25) is 0 Å². The summed E-state index contributed by atoms with van der Waals surface area (Å²) in [5, 5.41) is 1.27. The Labute approximate surface area is 240 Å². The Morgan fingerprint density at radius 1 is 0.683 bits per heavy atom. The number of para-hydroxylation sites is 1. The largest absolute Gasteiger partial charge is 0.354 e. The molecule has 0 bridgehead atoms. The molecule has 0 atom stereocenters. The molecule has 0 spiro atoms. The average molecular weight is 576 g/mol. The van der Waals surface area contributed by atoms with Crippen LogP contribution >= 0.6 is 0 Å². The Hall–Kier alpha value is -3.81. The molecule has 0 radical (unpaired) electrons. The fourth-order valence-electron chi connectivity index (χ4n) is 4.62. The first-order valence-corrected chi connectivity index (χ1v) is 14.7. The van der Waals surface area contributed by atoms with E-state index in [0.717, 1.165) is 6.07 Å². The molecule has 1 heterocycles. The third kappa shape index (κ3) is 6.92. The molecule has 7 heteroatoms. The van der Waals surface area contributed by atoms with Crippen LogP contribution in [-0.2, 0) is 20.9 Å². The number of H-pyrrole nitrogens is 1. The third-order valence-corrected chi connectivity index (χ3v) is 7.84. The highest BCUT2D eigenvalue weighted by Gasteiger charge is 2.19. The van der Waals surface area contributed by atoms with E-state index in [-0.39, 0.29) is 10.8 Å². The van der Waals surface area contributed by atoms with Crippen molar-refractivity contribution in [2.45, 2.75) is 57.3 Å². The SMILES string of the molecule is CC(C)(C)c1ccc(-c2[nH]c3ccccc3c2-c2ccc(C(C)(C)C)cc2)cc1.O=S(=O)(O)c1ccc(F)cc1F. The van der Waals surface area contributed by atoms with Gasteiger partial charge in [-0.2, -0.15) is 8.42 Å². The lowest BCUT2D eigenvalue weighted by Crippen LogP contribution is -2.10. The van der Waals surface area contributed by atoms with Crippen LogP contribution < -0.4 is 0 Å². The molecule has 5 aromatic rings. The van der Waals surface area contributed by atoms with Gasteiger partial charge >= 0.3 is 0 Å². The van der Waals surface area contributed by atoms with Crippen molar-refractivity contribution in [2.75, 3.05) is 0 Å². The van der Waals surface area contributed by atoms with Crippen LogP contribution in [0.1, 0.15) is 52.7 Å². The van der Waals surface area contributed by atoms with E-state index in [9.17, 15) is 17.2 Å². The summed E-state index contributed by atoms with van der Waals surface area (Å²) in [6.45, 7) is 13.6. The first-order valence-electron chi connectivity index (χ1n) is 13.3. The monoisotopic (exact) mass is 575 g/mol. The fraction of sp³-hybridized carbons (Fsp3) is 0.235. The molecular formula is C34H35F2NO3S. The zero-order valence-corrected chi connectivity index (χ0v) is 24.9. The van der Waals surface area contributed by atoms with Gasteiger partial charge in [0, 0.05) is 22.5 Å². The Bertz CT molecular complexity index is 1780. The van der Waals surface area contributed by atoms with Gasteiger partial charge in [-0.3, -0.25) is 4.55 Å². The maximum Gasteiger partial charge on any atom is 0.297 e. The smallest absolute Gasteiger partial charge is 0.297 e. The van der Waals surface area contributed by atoms with Gasteiger partial charge in [0.15, 0.2) is 0 Å². The van der Waals surface area contributed by atoms with E-state index in [4.69, 9.17) is 4.55 Å². The maximum atomic E-state index is 12.6. The molecule has 0 aliphatic carbocycles. The van der Waals surface area contributed by atoms with E-state index in [1.54, 1.807) is 0 Å². The first-order chi connectivity index (χ1) is 19.1. The molecule has 0 amide bonds. The summed E-state index contributed by atoms with van der Waals surface area (Å²) in [5.41, 5.74) is 9.16. The van der Waals surface area contributed by atoms with Crippen molar-refractivity contribution in [2.24, 2.45) is 0 Å². The predicted octanol–water partition coefficient (Wildman–Crippen LogP) is 9.31. The lowest BCUT2D eigenvalue weighted by atomic mass is 9.85. The number of fused-ring (bicyclic) bond motifs is 1. The fourth-order valence-corrected chi connectivity index (χ4v) is 5.16. The normalized spacial score (nSPS) is 12.2. The van der Waals surface area contributed by atoms with Gasteiger partial charge < -0.3 is 4.98 Å². The van der Waals surface area contributed by atoms with Crippen molar-refractivity contribution < 1.29 is 21.8 Å². The summed E-state index contributed by atoms with van der Waals surface area (Å²) >= 11 is 0. The first kappa shape index (κ1) is 30.2. The standard InChI is InChI=1S/C28H31N.C6H4F2O3S/c1-27(2,3)21-15-11-19(12-16-21)25-23-9-7-8-10-24(23)29-26(25)20-13-17-22(18-14-20)28(4,5)6;7-4-1-2-6(5(8)3-4)12(9,10)11/h7-18,29H,1-6H3;1-3H,(H,9,10,11). The summed E-state index contributed by atoms with van der Waals surface area (Å²) in [6, 6.07) is 28.4. The van der Waals surface area contributed by atoms with E-state index in [2.05, 4.69) is 119 Å². The third-order valence-electron chi connectivity index (χ3n) is 6.96. The molecule has 5 rings (SSSR count). The molecule has 0 aliphatic rings. The molecule has 4 nitrogen and oxygen atoms in total. The van der Waals surface area contributed by atoms with Crippen LogP contribution in [0.3, 0.4) is 0 Å². The van der Waals surface area contributed by atoms with Crippen LogP contribution in [0.4, 0.5) is 8.78 Å². The van der Waals surface area contributed by atoms with Gasteiger partial charge in [0.2, 0.25) is 0 Å². The van der Waals surface area contributed by atoms with Gasteiger partial charge in [0.25, 0.3) is 10.1 Å². The van der Waals surface area contributed by atoms with E-state index in [1.807, 2.05) is 0 Å². The quantitative estimate of drug-likeness (QED) is 0.211. The number of benzene rings is 4. The molecule has 2 N–H and O–H groups in total. The van der Waals surface area contributed by atoms with Crippen LogP contribution in [0.5, 0.6) is 0 Å². The molecule has 0 fully saturated rings. The number of hydrogen-bond acceptors (Lipinski definition) is 2. The highest BCUT2D eigenvalue weighted by molar-refractivity contribution is 7.85. The Kier molecular flexibility index (Phi) is 8.25. The van der Waals surface area contributed by atoms with Crippen LogP contribution in [0.15, 0.2) is 95.9 Å². The zero-order valence-electron chi connectivity index (χ0n) is 24.1. The molecule has 41 heavy (non-hydrogen) atoms. The van der Waals surface area contributed by atoms with Gasteiger partial charge in [0.1, 0.15) is 16.5 Å². The van der Waals surface area contributed by atoms with Gasteiger partial charge in [-0.05, 0) is 51.3 Å². The summed E-state index contributed by atoms with van der Waals surface area (Å²) in [7, 11) is -4.59. The van der Waals surface area contributed by atoms with Crippen molar-refractivity contribution in [1.82, 2.24) is 4.98 Å². The van der Waals surface area contributed by atoms with Crippen molar-refractivity contribution in [3.05, 3.63) is 114 Å². The van der Waals surface area contributed by atoms with Crippen LogP contribution in [-0.4, -0.2) is 18.0 Å². The number of halogens is 2. The number of rotatable bonds is 3. The second-order valence-electron chi connectivity index (χ2n) is 12.1. The molecule has 214 valence electrons. The second kappa shape index (κ2) is 11.2. The Morgan fingerprint density at radius 2 is 1.20 bits per heavy atom. The summed E-state index contributed by atoms with van der Waals surface area (Å²) in [6.07, 6.45) is 0. The minimum absolute atomic E-state index is 0.157. The molecule has 1 aromatic heterocycles. The lowest BCUT2D eigenvalue weighted by Gasteiger charge is -2.20. The van der Waals surface area contributed by atoms with Crippen molar-refractivity contribution in [1.29, 1.82) is 0 Å². The second-order valence-corrected chi connectivity index (χ2v) is 13.5. The molecule has 0 saturated carbocycles. The highest BCUT2D eigenvalue weighted by Crippen LogP contribution is 2.39. The van der Waals surface area contributed by atoms with E-state index in [0.29, 0.717) is 12.1 Å². The van der Waals surface area contributed by atoms with Gasteiger partial charge in [-0.15, -0.1) is 0 Å². The van der Waals surface area contributed by atoms with E-state index in [1.165, 1.54) is 44.4 Å². The van der Waals surface area contributed by atoms with Crippen molar-refractivity contribution in [3.63, 3.8) is 0 Å². The van der Waals surface area contributed by atoms with Crippen LogP contribution in [0.25, 0.3) is 33.3 Å². The summed E-state index contributed by atoms with van der Waals surface area (Å²) in [5.74, 6) is -2.21. The number of hydrogen-bond donors (Lipinski definition) is 2. The molecule has 0 saturated heterocycles. The van der Waals surface area contributed by atoms with E-state index < -0.39 is 26.6 Å². The molecule has 0 unspecified atom stereocenters. The zero-order chi connectivity index (χ0) is 30.2. The highest BCUT2D eigenvalue weighted by atomic mass is 32.2. The molecular weight excluding hydrogens is 540 g/mol. The molecule has 0 aliphatic heterocycles. The predicted molar refractivity (Wildman–Crippen MR) is 163 cm³/mol. The minimum atomic E-state index is -4.59. The number of nitrogens with one attached hydrogen (secondary N) is 1.